The third-order valence-corrected chi connectivity index (χ3v) is 3.32. The van der Waals surface area contributed by atoms with Crippen LogP contribution in [0.2, 0.25) is 0 Å². The number of benzene rings is 1. The minimum atomic E-state index is 0.183. The lowest BCUT2D eigenvalue weighted by Crippen LogP contribution is -2.20. The van der Waals surface area contributed by atoms with Crippen molar-refractivity contribution >= 4 is 0 Å². The molecule has 21 heavy (non-hydrogen) atoms. The van der Waals surface area contributed by atoms with Crippen LogP contribution in [0.1, 0.15) is 45.2 Å². The van der Waals surface area contributed by atoms with Crippen LogP contribution in [0.4, 0.5) is 0 Å². The third-order valence-electron chi connectivity index (χ3n) is 3.32. The van der Waals surface area contributed by atoms with Gasteiger partial charge in [0.15, 0.2) is 0 Å². The minimum Gasteiger partial charge on any atom is -0.496 e. The van der Waals surface area contributed by atoms with E-state index < -0.39 is 0 Å². The molecule has 0 heterocycles. The van der Waals surface area contributed by atoms with Crippen LogP contribution < -0.4 is 14.8 Å². The Morgan fingerprint density at radius 1 is 1.10 bits per heavy atom. The fraction of sp³-hybridized carbons (Fsp3) is 0.647. The van der Waals surface area contributed by atoms with Crippen LogP contribution in [0.25, 0.3) is 0 Å². The summed E-state index contributed by atoms with van der Waals surface area (Å²) in [6, 6.07) is 6.09. The van der Waals surface area contributed by atoms with Gasteiger partial charge in [0.05, 0.1) is 19.3 Å². The van der Waals surface area contributed by atoms with Gasteiger partial charge in [0.2, 0.25) is 0 Å². The van der Waals surface area contributed by atoms with E-state index in [1.807, 2.05) is 18.2 Å². The Bertz CT molecular complexity index is 396. The molecule has 1 aromatic rings. The normalized spacial score (nSPS) is 12.2. The largest absolute Gasteiger partial charge is 0.496 e. The summed E-state index contributed by atoms with van der Waals surface area (Å²) in [7, 11) is 1.69. The second-order valence-corrected chi connectivity index (χ2v) is 4.97. The lowest BCUT2D eigenvalue weighted by molar-refractivity contribution is 0.0974. The molecule has 0 amide bonds. The number of ether oxygens (including phenoxy) is 3. The molecule has 0 aliphatic carbocycles. The van der Waals surface area contributed by atoms with E-state index >= 15 is 0 Å². The Morgan fingerprint density at radius 3 is 2.52 bits per heavy atom. The molecule has 1 aromatic carbocycles. The van der Waals surface area contributed by atoms with Gasteiger partial charge in [-0.1, -0.05) is 26.3 Å². The van der Waals surface area contributed by atoms with Gasteiger partial charge < -0.3 is 19.5 Å². The second kappa shape index (κ2) is 10.5. The molecule has 0 bridgehead atoms. The number of hydrogen-bond acceptors (Lipinski definition) is 4. The van der Waals surface area contributed by atoms with Crippen molar-refractivity contribution < 1.29 is 14.2 Å². The fourth-order valence-electron chi connectivity index (χ4n) is 2.22. The molecule has 1 N–H and O–H groups in total. The van der Waals surface area contributed by atoms with Gasteiger partial charge in [-0.3, -0.25) is 0 Å². The monoisotopic (exact) mass is 295 g/mol. The summed E-state index contributed by atoms with van der Waals surface area (Å²) < 4.78 is 16.9. The standard InChI is InChI=1S/C17H29NO3/c1-5-7-11-20-12-13-21-16-10-8-9-15(19-4)17(16)14(3)18-6-2/h8-10,14,18H,5-7,11-13H2,1-4H3. The van der Waals surface area contributed by atoms with E-state index in [0.717, 1.165) is 43.1 Å². The molecule has 0 fully saturated rings. The zero-order valence-corrected chi connectivity index (χ0v) is 13.8. The zero-order chi connectivity index (χ0) is 15.5. The van der Waals surface area contributed by atoms with Crippen molar-refractivity contribution in [1.82, 2.24) is 5.32 Å². The van der Waals surface area contributed by atoms with Crippen LogP contribution in [0.5, 0.6) is 11.5 Å². The number of unbranched alkanes of at least 4 members (excludes halogenated alkanes) is 1. The summed E-state index contributed by atoms with van der Waals surface area (Å²) in [5.74, 6) is 1.72. The molecule has 1 rings (SSSR count). The SMILES string of the molecule is CCCCOCCOc1cccc(OC)c1C(C)NCC. The van der Waals surface area contributed by atoms with E-state index in [-0.39, 0.29) is 6.04 Å². The highest BCUT2D eigenvalue weighted by Crippen LogP contribution is 2.33. The van der Waals surface area contributed by atoms with E-state index in [1.54, 1.807) is 7.11 Å². The highest BCUT2D eigenvalue weighted by molar-refractivity contribution is 5.46. The average molecular weight is 295 g/mol. The first-order chi connectivity index (χ1) is 10.2. The fourth-order valence-corrected chi connectivity index (χ4v) is 2.22. The molecule has 0 spiro atoms. The van der Waals surface area contributed by atoms with Crippen molar-refractivity contribution in [3.05, 3.63) is 23.8 Å². The van der Waals surface area contributed by atoms with Crippen molar-refractivity contribution in [2.75, 3.05) is 33.5 Å². The van der Waals surface area contributed by atoms with Crippen molar-refractivity contribution in [1.29, 1.82) is 0 Å². The van der Waals surface area contributed by atoms with Gasteiger partial charge in [-0.25, -0.2) is 0 Å². The first-order valence-corrected chi connectivity index (χ1v) is 7.85. The Labute approximate surface area is 128 Å². The first kappa shape index (κ1) is 17.8. The molecule has 4 heteroatoms. The lowest BCUT2D eigenvalue weighted by atomic mass is 10.1. The Balaban J connectivity index is 2.63. The molecule has 0 radical (unpaired) electrons. The number of hydrogen-bond donors (Lipinski definition) is 1. The molecule has 4 nitrogen and oxygen atoms in total. The predicted octanol–water partition coefficient (Wildman–Crippen LogP) is 3.56. The topological polar surface area (TPSA) is 39.7 Å². The molecular weight excluding hydrogens is 266 g/mol. The summed E-state index contributed by atoms with van der Waals surface area (Å²) in [5.41, 5.74) is 1.07. The quantitative estimate of drug-likeness (QED) is 0.634. The van der Waals surface area contributed by atoms with Crippen LogP contribution in [-0.2, 0) is 4.74 Å². The minimum absolute atomic E-state index is 0.183. The lowest BCUT2D eigenvalue weighted by Gasteiger charge is -2.20. The molecule has 1 unspecified atom stereocenters. The molecule has 120 valence electrons. The molecule has 1 atom stereocenters. The van der Waals surface area contributed by atoms with E-state index in [0.29, 0.717) is 13.2 Å². The molecule has 0 saturated carbocycles. The van der Waals surface area contributed by atoms with Gasteiger partial charge in [-0.05, 0) is 32.0 Å². The molecule has 0 aliphatic rings. The average Bonchev–Trinajstić information content (AvgIpc) is 2.50. The zero-order valence-electron chi connectivity index (χ0n) is 13.8. The Kier molecular flexibility index (Phi) is 8.87. The van der Waals surface area contributed by atoms with Crippen molar-refractivity contribution in [2.45, 2.75) is 39.7 Å². The van der Waals surface area contributed by atoms with Crippen LogP contribution in [-0.4, -0.2) is 33.5 Å². The summed E-state index contributed by atoms with van der Waals surface area (Å²) in [6.45, 7) is 9.25. The first-order valence-electron chi connectivity index (χ1n) is 7.85. The van der Waals surface area contributed by atoms with Gasteiger partial charge in [-0.15, -0.1) is 0 Å². The third kappa shape index (κ3) is 5.94. The maximum atomic E-state index is 5.88. The molecule has 0 aromatic heterocycles. The Morgan fingerprint density at radius 2 is 1.86 bits per heavy atom. The second-order valence-electron chi connectivity index (χ2n) is 4.97. The van der Waals surface area contributed by atoms with E-state index in [2.05, 4.69) is 26.1 Å². The highest BCUT2D eigenvalue weighted by atomic mass is 16.5. The van der Waals surface area contributed by atoms with Crippen LogP contribution in [0.15, 0.2) is 18.2 Å². The summed E-state index contributed by atoms with van der Waals surface area (Å²) in [4.78, 5) is 0. The van der Waals surface area contributed by atoms with E-state index in [1.165, 1.54) is 0 Å². The molecular formula is C17H29NO3. The van der Waals surface area contributed by atoms with Crippen molar-refractivity contribution in [3.8, 4) is 11.5 Å². The van der Waals surface area contributed by atoms with Crippen LogP contribution in [0, 0.1) is 0 Å². The number of methoxy groups -OCH3 is 1. The molecule has 0 saturated heterocycles. The van der Waals surface area contributed by atoms with Gasteiger partial charge in [0.1, 0.15) is 18.1 Å². The molecule has 0 aliphatic heterocycles. The highest BCUT2D eigenvalue weighted by Gasteiger charge is 2.16. The van der Waals surface area contributed by atoms with Gasteiger partial charge in [0, 0.05) is 12.6 Å². The van der Waals surface area contributed by atoms with Gasteiger partial charge in [0.25, 0.3) is 0 Å². The maximum Gasteiger partial charge on any atom is 0.127 e. The van der Waals surface area contributed by atoms with E-state index in [9.17, 15) is 0 Å². The summed E-state index contributed by atoms with van der Waals surface area (Å²) in [5, 5.41) is 3.40. The van der Waals surface area contributed by atoms with Gasteiger partial charge in [-0.2, -0.15) is 0 Å². The number of nitrogens with one attached hydrogen (secondary N) is 1. The smallest absolute Gasteiger partial charge is 0.127 e. The van der Waals surface area contributed by atoms with Gasteiger partial charge >= 0.3 is 0 Å². The van der Waals surface area contributed by atoms with Crippen molar-refractivity contribution in [2.24, 2.45) is 0 Å². The predicted molar refractivity (Wildman–Crippen MR) is 86.3 cm³/mol. The summed E-state index contributed by atoms with van der Waals surface area (Å²) in [6.07, 6.45) is 2.25. The maximum absolute atomic E-state index is 5.88. The Hall–Kier alpha value is -1.26. The van der Waals surface area contributed by atoms with E-state index in [4.69, 9.17) is 14.2 Å². The number of rotatable bonds is 11. The summed E-state index contributed by atoms with van der Waals surface area (Å²) >= 11 is 0. The van der Waals surface area contributed by atoms with Crippen LogP contribution >= 0.6 is 0 Å². The van der Waals surface area contributed by atoms with Crippen LogP contribution in [0.3, 0.4) is 0 Å². The van der Waals surface area contributed by atoms with Crippen molar-refractivity contribution in [3.63, 3.8) is 0 Å².